The molecule has 1 fully saturated rings. The number of rotatable bonds is 12. The van der Waals surface area contributed by atoms with Gasteiger partial charge in [0, 0.05) is 30.1 Å². The van der Waals surface area contributed by atoms with Gasteiger partial charge in [0.25, 0.3) is 0 Å². The number of sulfonamides is 1. The van der Waals surface area contributed by atoms with Gasteiger partial charge in [-0.3, -0.25) is 13.9 Å². The molecule has 2 aliphatic rings. The van der Waals surface area contributed by atoms with Gasteiger partial charge in [-0.1, -0.05) is 73.3 Å². The van der Waals surface area contributed by atoms with Crippen LogP contribution in [0.5, 0.6) is 11.5 Å². The minimum Gasteiger partial charge on any atom is -0.486 e. The lowest BCUT2D eigenvalue weighted by atomic mass is 9.94. The maximum absolute atomic E-state index is 14.4. The minimum atomic E-state index is -3.91. The van der Waals surface area contributed by atoms with Gasteiger partial charge in [0.1, 0.15) is 25.8 Å². The zero-order valence-electron chi connectivity index (χ0n) is 25.5. The summed E-state index contributed by atoms with van der Waals surface area (Å²) in [6, 6.07) is 20.6. The fraction of sp³-hybridized carbons (Fsp3) is 0.412. The summed E-state index contributed by atoms with van der Waals surface area (Å²) in [6.07, 6.45) is 5.26. The Balaban J connectivity index is 1.52. The molecule has 1 aliphatic carbocycles. The topological polar surface area (TPSA) is 105 Å². The Morgan fingerprint density at radius 2 is 1.62 bits per heavy atom. The van der Waals surface area contributed by atoms with Crippen LogP contribution in [-0.4, -0.2) is 62.7 Å². The average Bonchev–Trinajstić information content (AvgIpc) is 3.05. The van der Waals surface area contributed by atoms with Crippen LogP contribution in [-0.2, 0) is 32.6 Å². The van der Waals surface area contributed by atoms with Crippen molar-refractivity contribution >= 4 is 39.1 Å². The number of nitrogens with zero attached hydrogens (tertiary/aromatic N) is 2. The van der Waals surface area contributed by atoms with E-state index in [0.717, 1.165) is 47.5 Å². The van der Waals surface area contributed by atoms with Crippen molar-refractivity contribution < 1.29 is 27.5 Å². The number of halogens is 1. The van der Waals surface area contributed by atoms with Crippen molar-refractivity contribution in [3.05, 3.63) is 88.9 Å². The first-order valence-corrected chi connectivity index (χ1v) is 17.5. The largest absolute Gasteiger partial charge is 0.486 e. The molecule has 1 saturated carbocycles. The van der Waals surface area contributed by atoms with Crippen molar-refractivity contribution in [3.63, 3.8) is 0 Å². The van der Waals surface area contributed by atoms with Crippen molar-refractivity contribution in [1.82, 2.24) is 10.2 Å². The van der Waals surface area contributed by atoms with Crippen molar-refractivity contribution in [1.29, 1.82) is 0 Å². The second-order valence-corrected chi connectivity index (χ2v) is 14.1. The lowest BCUT2D eigenvalue weighted by Gasteiger charge is -2.35. The van der Waals surface area contributed by atoms with Crippen LogP contribution in [0, 0.1) is 0 Å². The third-order valence-corrected chi connectivity index (χ3v) is 10.2. The summed E-state index contributed by atoms with van der Waals surface area (Å²) >= 11 is 6.32. The highest BCUT2D eigenvalue weighted by Crippen LogP contribution is 2.35. The van der Waals surface area contributed by atoms with Gasteiger partial charge >= 0.3 is 0 Å². The molecular weight excluding hydrogens is 614 g/mol. The number of carbonyl (C=O) groups is 2. The number of amides is 2. The molecule has 1 aliphatic heterocycles. The van der Waals surface area contributed by atoms with E-state index in [1.54, 1.807) is 36.4 Å². The molecule has 0 saturated heterocycles. The molecule has 1 atom stereocenters. The van der Waals surface area contributed by atoms with Crippen LogP contribution < -0.4 is 19.1 Å². The summed E-state index contributed by atoms with van der Waals surface area (Å²) in [7, 11) is -3.91. The second kappa shape index (κ2) is 15.0. The lowest BCUT2D eigenvalue weighted by molar-refractivity contribution is -0.140. The lowest BCUT2D eigenvalue weighted by Crippen LogP contribution is -2.55. The standard InChI is InChI=1S/C34H40ClN3O6S/c1-2-45(41,42)38(29-16-17-31-32(22-29)44-19-18-43-31)24-33(39)37(23-26-12-9-13-27(35)20-26)30(21-25-10-5-3-6-11-25)34(40)36-28-14-7-4-8-15-28/h3,5-6,9-13,16-17,20,22,28,30H,2,4,7-8,14-15,18-19,21,23-24H2,1H3,(H,36,40)/t30-/m0/s1. The van der Waals surface area contributed by atoms with Crippen LogP contribution in [0.1, 0.15) is 50.2 Å². The van der Waals surface area contributed by atoms with E-state index in [-0.39, 0.29) is 36.4 Å². The zero-order valence-corrected chi connectivity index (χ0v) is 27.1. The van der Waals surface area contributed by atoms with Crippen LogP contribution in [0.15, 0.2) is 72.8 Å². The molecule has 2 amide bonds. The second-order valence-electron chi connectivity index (χ2n) is 11.4. The van der Waals surface area contributed by atoms with Crippen LogP contribution in [0.25, 0.3) is 0 Å². The van der Waals surface area contributed by atoms with Gasteiger partial charge in [0.05, 0.1) is 11.4 Å². The highest BCUT2D eigenvalue weighted by Gasteiger charge is 2.35. The Morgan fingerprint density at radius 1 is 0.911 bits per heavy atom. The first kappa shape index (κ1) is 32.6. The molecule has 45 heavy (non-hydrogen) atoms. The summed E-state index contributed by atoms with van der Waals surface area (Å²) < 4.78 is 39.4. The van der Waals surface area contributed by atoms with E-state index in [1.807, 2.05) is 36.4 Å². The third kappa shape index (κ3) is 8.49. The number of carbonyl (C=O) groups excluding carboxylic acids is 2. The Labute approximate surface area is 270 Å². The fourth-order valence-corrected chi connectivity index (χ4v) is 7.10. The molecule has 3 aromatic carbocycles. The van der Waals surface area contributed by atoms with Crippen LogP contribution in [0.2, 0.25) is 5.02 Å². The van der Waals surface area contributed by atoms with E-state index in [4.69, 9.17) is 21.1 Å². The molecular formula is C34H40ClN3O6S. The smallest absolute Gasteiger partial charge is 0.244 e. The number of anilines is 1. The summed E-state index contributed by atoms with van der Waals surface area (Å²) in [5.74, 6) is -0.0762. The molecule has 0 radical (unpaired) electrons. The Morgan fingerprint density at radius 3 is 2.33 bits per heavy atom. The van der Waals surface area contributed by atoms with Crippen molar-refractivity contribution in [3.8, 4) is 11.5 Å². The maximum Gasteiger partial charge on any atom is 0.244 e. The molecule has 0 aromatic heterocycles. The van der Waals surface area contributed by atoms with Gasteiger partial charge in [-0.25, -0.2) is 8.42 Å². The number of ether oxygens (including phenoxy) is 2. The molecule has 3 aromatic rings. The first-order chi connectivity index (χ1) is 21.7. The molecule has 1 heterocycles. The molecule has 0 bridgehead atoms. The SMILES string of the molecule is CCS(=O)(=O)N(CC(=O)N(Cc1cccc(Cl)c1)[C@@H](Cc1ccccc1)C(=O)NC1CCCCC1)c1ccc2c(c1)OCCO2. The highest BCUT2D eigenvalue weighted by atomic mass is 35.5. The summed E-state index contributed by atoms with van der Waals surface area (Å²) in [4.78, 5) is 30.0. The number of nitrogens with one attached hydrogen (secondary N) is 1. The maximum atomic E-state index is 14.4. The summed E-state index contributed by atoms with van der Waals surface area (Å²) in [6.45, 7) is 1.82. The summed E-state index contributed by atoms with van der Waals surface area (Å²) in [5, 5.41) is 3.71. The van der Waals surface area contributed by atoms with Crippen molar-refractivity contribution in [2.24, 2.45) is 0 Å². The van der Waals surface area contributed by atoms with Gasteiger partial charge in [0.2, 0.25) is 21.8 Å². The van der Waals surface area contributed by atoms with Crippen LogP contribution in [0.4, 0.5) is 5.69 Å². The molecule has 0 unspecified atom stereocenters. The molecule has 9 nitrogen and oxygen atoms in total. The first-order valence-electron chi connectivity index (χ1n) is 15.5. The number of hydrogen-bond acceptors (Lipinski definition) is 6. The van der Waals surface area contributed by atoms with E-state index in [9.17, 15) is 18.0 Å². The van der Waals surface area contributed by atoms with Gasteiger partial charge < -0.3 is 19.7 Å². The Bertz CT molecular complexity index is 1580. The van der Waals surface area contributed by atoms with Crippen molar-refractivity contribution in [2.75, 3.05) is 29.8 Å². The van der Waals surface area contributed by atoms with Gasteiger partial charge in [0.15, 0.2) is 11.5 Å². The van der Waals surface area contributed by atoms with Gasteiger partial charge in [-0.2, -0.15) is 0 Å². The quantitative estimate of drug-likeness (QED) is 0.282. The molecule has 1 N–H and O–H groups in total. The Kier molecular flexibility index (Phi) is 10.9. The number of fused-ring (bicyclic) bond motifs is 1. The minimum absolute atomic E-state index is 0.0299. The van der Waals surface area contributed by atoms with Crippen LogP contribution >= 0.6 is 11.6 Å². The van der Waals surface area contributed by atoms with E-state index in [0.29, 0.717) is 29.7 Å². The number of hydrogen-bond donors (Lipinski definition) is 1. The van der Waals surface area contributed by atoms with Gasteiger partial charge in [-0.05, 0) is 55.2 Å². The monoisotopic (exact) mass is 653 g/mol. The molecule has 0 spiro atoms. The average molecular weight is 654 g/mol. The predicted octanol–water partition coefficient (Wildman–Crippen LogP) is 5.36. The van der Waals surface area contributed by atoms with Gasteiger partial charge in [-0.15, -0.1) is 0 Å². The number of benzene rings is 3. The van der Waals surface area contributed by atoms with Crippen molar-refractivity contribution in [2.45, 2.75) is 64.1 Å². The van der Waals surface area contributed by atoms with E-state index in [1.165, 1.54) is 11.8 Å². The third-order valence-electron chi connectivity index (χ3n) is 8.26. The highest BCUT2D eigenvalue weighted by molar-refractivity contribution is 7.92. The van der Waals surface area contributed by atoms with E-state index < -0.39 is 28.5 Å². The summed E-state index contributed by atoms with van der Waals surface area (Å²) in [5.41, 5.74) is 1.89. The van der Waals surface area contributed by atoms with Crippen LogP contribution in [0.3, 0.4) is 0 Å². The normalized spacial score (nSPS) is 15.6. The zero-order chi connectivity index (χ0) is 31.8. The van der Waals surface area contributed by atoms with E-state index >= 15 is 0 Å². The molecule has 240 valence electrons. The Hall–Kier alpha value is -3.76. The molecule has 5 rings (SSSR count). The molecule has 11 heteroatoms. The fourth-order valence-electron chi connectivity index (χ4n) is 5.84. The predicted molar refractivity (Wildman–Crippen MR) is 175 cm³/mol. The van der Waals surface area contributed by atoms with E-state index in [2.05, 4.69) is 5.32 Å².